The Labute approximate surface area is 99.8 Å². The van der Waals surface area contributed by atoms with Crippen LogP contribution in [0, 0.1) is 6.92 Å². The van der Waals surface area contributed by atoms with E-state index in [0.29, 0.717) is 32.0 Å². The van der Waals surface area contributed by atoms with E-state index >= 15 is 0 Å². The number of hydrogen-bond acceptors (Lipinski definition) is 4. The zero-order valence-electron chi connectivity index (χ0n) is 10.1. The molecule has 17 heavy (non-hydrogen) atoms. The third-order valence-electron chi connectivity index (χ3n) is 3.17. The molecule has 6 nitrogen and oxygen atoms in total. The fourth-order valence-corrected chi connectivity index (χ4v) is 2.06. The number of imidazole rings is 1. The van der Waals surface area contributed by atoms with Gasteiger partial charge in [0.25, 0.3) is 0 Å². The number of carbonyl (C=O) groups is 1. The first kappa shape index (κ1) is 12.1. The Balaban J connectivity index is 2.28. The SMILES string of the molecule is Cc1c(C(C(=O)O)N2CCOCC2)ncn1C. The van der Waals surface area contributed by atoms with Crippen molar-refractivity contribution in [2.75, 3.05) is 26.3 Å². The van der Waals surface area contributed by atoms with Crippen molar-refractivity contribution in [2.45, 2.75) is 13.0 Å². The quantitative estimate of drug-likeness (QED) is 0.815. The number of nitrogens with zero attached hydrogens (tertiary/aromatic N) is 3. The summed E-state index contributed by atoms with van der Waals surface area (Å²) < 4.78 is 7.08. The highest BCUT2D eigenvalue weighted by atomic mass is 16.5. The van der Waals surface area contributed by atoms with Crippen LogP contribution in [-0.4, -0.2) is 51.8 Å². The summed E-state index contributed by atoms with van der Waals surface area (Å²) >= 11 is 0. The van der Waals surface area contributed by atoms with Crippen LogP contribution in [0.3, 0.4) is 0 Å². The fourth-order valence-electron chi connectivity index (χ4n) is 2.06. The highest BCUT2D eigenvalue weighted by Crippen LogP contribution is 2.23. The number of hydrogen-bond donors (Lipinski definition) is 1. The molecule has 0 aliphatic carbocycles. The van der Waals surface area contributed by atoms with Crippen LogP contribution in [0.5, 0.6) is 0 Å². The average Bonchev–Trinajstić information content (AvgIpc) is 2.63. The zero-order valence-corrected chi connectivity index (χ0v) is 10.1. The predicted octanol–water partition coefficient (Wildman–Crippen LogP) is 0.186. The minimum Gasteiger partial charge on any atom is -0.480 e. The van der Waals surface area contributed by atoms with E-state index in [1.54, 1.807) is 6.33 Å². The van der Waals surface area contributed by atoms with Crippen LogP contribution in [0.4, 0.5) is 0 Å². The van der Waals surface area contributed by atoms with Crippen molar-refractivity contribution in [3.05, 3.63) is 17.7 Å². The molecule has 0 radical (unpaired) electrons. The molecule has 2 rings (SSSR count). The third-order valence-corrected chi connectivity index (χ3v) is 3.17. The second kappa shape index (κ2) is 4.85. The maximum absolute atomic E-state index is 11.4. The van der Waals surface area contributed by atoms with Gasteiger partial charge in [0.05, 0.1) is 25.2 Å². The molecule has 2 heterocycles. The first-order valence-corrected chi connectivity index (χ1v) is 5.63. The van der Waals surface area contributed by atoms with Gasteiger partial charge in [-0.3, -0.25) is 9.69 Å². The standard InChI is InChI=1S/C11H17N3O3/c1-8-9(12-7-13(8)2)10(11(15)16)14-3-5-17-6-4-14/h7,10H,3-6H2,1-2H3,(H,15,16). The molecular weight excluding hydrogens is 222 g/mol. The van der Waals surface area contributed by atoms with E-state index in [2.05, 4.69) is 4.98 Å². The summed E-state index contributed by atoms with van der Waals surface area (Å²) in [5.41, 5.74) is 1.52. The Kier molecular flexibility index (Phi) is 3.44. The lowest BCUT2D eigenvalue weighted by Gasteiger charge is -2.31. The van der Waals surface area contributed by atoms with Crippen LogP contribution in [-0.2, 0) is 16.6 Å². The molecule has 1 aromatic rings. The van der Waals surface area contributed by atoms with Crippen LogP contribution in [0.25, 0.3) is 0 Å². The van der Waals surface area contributed by atoms with Gasteiger partial charge in [0.15, 0.2) is 6.04 Å². The lowest BCUT2D eigenvalue weighted by Crippen LogP contribution is -2.42. The number of carboxylic acids is 1. The van der Waals surface area contributed by atoms with E-state index in [-0.39, 0.29) is 0 Å². The third kappa shape index (κ3) is 2.32. The molecule has 0 saturated carbocycles. The first-order chi connectivity index (χ1) is 8.11. The summed E-state index contributed by atoms with van der Waals surface area (Å²) in [6.07, 6.45) is 1.65. The molecule has 6 heteroatoms. The van der Waals surface area contributed by atoms with Crippen LogP contribution >= 0.6 is 0 Å². The van der Waals surface area contributed by atoms with Gasteiger partial charge in [0, 0.05) is 25.8 Å². The highest BCUT2D eigenvalue weighted by Gasteiger charge is 2.32. The van der Waals surface area contributed by atoms with Gasteiger partial charge >= 0.3 is 5.97 Å². The van der Waals surface area contributed by atoms with Gasteiger partial charge in [-0.2, -0.15) is 0 Å². The largest absolute Gasteiger partial charge is 0.480 e. The molecule has 1 saturated heterocycles. The number of morpholine rings is 1. The van der Waals surface area contributed by atoms with Crippen LogP contribution in [0.1, 0.15) is 17.4 Å². The van der Waals surface area contributed by atoms with Gasteiger partial charge < -0.3 is 14.4 Å². The van der Waals surface area contributed by atoms with Crippen molar-refractivity contribution >= 4 is 5.97 Å². The van der Waals surface area contributed by atoms with Crippen molar-refractivity contribution < 1.29 is 14.6 Å². The second-order valence-electron chi connectivity index (χ2n) is 4.22. The van der Waals surface area contributed by atoms with Crippen molar-refractivity contribution in [1.82, 2.24) is 14.5 Å². The zero-order chi connectivity index (χ0) is 12.4. The number of aryl methyl sites for hydroxylation is 1. The summed E-state index contributed by atoms with van der Waals surface area (Å²) in [6, 6.07) is -0.667. The molecule has 0 amide bonds. The van der Waals surface area contributed by atoms with Crippen LogP contribution in [0.2, 0.25) is 0 Å². The molecule has 1 N–H and O–H groups in total. The number of aromatic nitrogens is 2. The maximum atomic E-state index is 11.4. The Morgan fingerprint density at radius 3 is 2.65 bits per heavy atom. The van der Waals surface area contributed by atoms with E-state index in [1.807, 2.05) is 23.4 Å². The highest BCUT2D eigenvalue weighted by molar-refractivity contribution is 5.75. The molecule has 1 aromatic heterocycles. The number of aliphatic carboxylic acids is 1. The monoisotopic (exact) mass is 239 g/mol. The molecule has 1 aliphatic heterocycles. The molecular formula is C11H17N3O3. The summed E-state index contributed by atoms with van der Waals surface area (Å²) in [5.74, 6) is -0.853. The number of carboxylic acid groups (broad SMARTS) is 1. The minimum absolute atomic E-state index is 0.579. The Bertz CT molecular complexity index is 410. The van der Waals surface area contributed by atoms with Crippen molar-refractivity contribution in [1.29, 1.82) is 0 Å². The van der Waals surface area contributed by atoms with Gasteiger partial charge in [0.1, 0.15) is 0 Å². The second-order valence-corrected chi connectivity index (χ2v) is 4.22. The maximum Gasteiger partial charge on any atom is 0.327 e. The topological polar surface area (TPSA) is 67.6 Å². The average molecular weight is 239 g/mol. The van der Waals surface area contributed by atoms with Gasteiger partial charge in [-0.1, -0.05) is 0 Å². The van der Waals surface area contributed by atoms with Gasteiger partial charge in [-0.25, -0.2) is 4.98 Å². The lowest BCUT2D eigenvalue weighted by atomic mass is 10.1. The molecule has 0 aromatic carbocycles. The minimum atomic E-state index is -0.853. The van der Waals surface area contributed by atoms with E-state index < -0.39 is 12.0 Å². The molecule has 1 atom stereocenters. The van der Waals surface area contributed by atoms with Crippen molar-refractivity contribution in [3.63, 3.8) is 0 Å². The normalized spacial score (nSPS) is 19.2. The molecule has 1 unspecified atom stereocenters. The molecule has 94 valence electrons. The van der Waals surface area contributed by atoms with E-state index in [9.17, 15) is 9.90 Å². The number of rotatable bonds is 3. The van der Waals surface area contributed by atoms with E-state index in [0.717, 1.165) is 5.69 Å². The number of ether oxygens (including phenoxy) is 1. The van der Waals surface area contributed by atoms with E-state index in [4.69, 9.17) is 4.74 Å². The Morgan fingerprint density at radius 1 is 1.53 bits per heavy atom. The first-order valence-electron chi connectivity index (χ1n) is 5.63. The van der Waals surface area contributed by atoms with E-state index in [1.165, 1.54) is 0 Å². The summed E-state index contributed by atoms with van der Waals surface area (Å²) in [4.78, 5) is 17.5. The summed E-state index contributed by atoms with van der Waals surface area (Å²) in [5, 5.41) is 9.38. The Morgan fingerprint density at radius 2 is 2.18 bits per heavy atom. The van der Waals surface area contributed by atoms with Crippen LogP contribution < -0.4 is 0 Å². The predicted molar refractivity (Wildman–Crippen MR) is 60.7 cm³/mol. The lowest BCUT2D eigenvalue weighted by molar-refractivity contribution is -0.145. The molecule has 1 aliphatic rings. The van der Waals surface area contributed by atoms with Crippen LogP contribution in [0.15, 0.2) is 6.33 Å². The van der Waals surface area contributed by atoms with Gasteiger partial charge in [0.2, 0.25) is 0 Å². The molecule has 0 spiro atoms. The fraction of sp³-hybridized carbons (Fsp3) is 0.636. The molecule has 1 fully saturated rings. The Hall–Kier alpha value is -1.40. The summed E-state index contributed by atoms with van der Waals surface area (Å²) in [7, 11) is 1.87. The molecule has 0 bridgehead atoms. The van der Waals surface area contributed by atoms with Gasteiger partial charge in [-0.15, -0.1) is 0 Å². The van der Waals surface area contributed by atoms with Gasteiger partial charge in [-0.05, 0) is 6.92 Å². The smallest absolute Gasteiger partial charge is 0.327 e. The van der Waals surface area contributed by atoms with Crippen molar-refractivity contribution in [3.8, 4) is 0 Å². The summed E-state index contributed by atoms with van der Waals surface area (Å²) in [6.45, 7) is 4.31. The van der Waals surface area contributed by atoms with Crippen molar-refractivity contribution in [2.24, 2.45) is 7.05 Å².